The van der Waals surface area contributed by atoms with Gasteiger partial charge in [-0.25, -0.2) is 4.99 Å². The molecule has 2 rings (SSSR count). The van der Waals surface area contributed by atoms with Crippen molar-refractivity contribution in [3.8, 4) is 0 Å². The molecule has 0 fully saturated rings. The van der Waals surface area contributed by atoms with Crippen LogP contribution in [0.25, 0.3) is 0 Å². The lowest BCUT2D eigenvalue weighted by Gasteiger charge is -2.13. The minimum Gasteiger partial charge on any atom is -0.467 e. The van der Waals surface area contributed by atoms with Gasteiger partial charge in [0.25, 0.3) is 0 Å². The van der Waals surface area contributed by atoms with Crippen LogP contribution < -0.4 is 16.0 Å². The van der Waals surface area contributed by atoms with Crippen molar-refractivity contribution in [2.24, 2.45) is 10.7 Å². The van der Waals surface area contributed by atoms with Gasteiger partial charge in [-0.3, -0.25) is 0 Å². The number of hydrogen-bond donors (Lipinski definition) is 2. The number of guanidine groups is 1. The number of nitrogens with zero attached hydrogens (tertiary/aromatic N) is 2. The first kappa shape index (κ1) is 15.9. The molecule has 0 amide bonds. The quantitative estimate of drug-likeness (QED) is 0.672. The van der Waals surface area contributed by atoms with Gasteiger partial charge in [0, 0.05) is 25.5 Å². The second-order valence-electron chi connectivity index (χ2n) is 4.35. The molecule has 0 aliphatic heterocycles. The Bertz CT molecular complexity index is 535. The predicted octanol–water partition coefficient (Wildman–Crippen LogP) is 2.69. The number of anilines is 2. The van der Waals surface area contributed by atoms with Crippen LogP contribution in [0.5, 0.6) is 0 Å². The van der Waals surface area contributed by atoms with Gasteiger partial charge in [-0.15, -0.1) is 12.4 Å². The van der Waals surface area contributed by atoms with Crippen LogP contribution in [-0.4, -0.2) is 20.1 Å². The smallest absolute Gasteiger partial charge is 0.193 e. The van der Waals surface area contributed by atoms with Gasteiger partial charge in [0.15, 0.2) is 5.96 Å². The molecule has 1 aromatic carbocycles. The summed E-state index contributed by atoms with van der Waals surface area (Å²) in [7, 11) is 4.00. The van der Waals surface area contributed by atoms with Crippen LogP contribution in [0.1, 0.15) is 5.76 Å². The van der Waals surface area contributed by atoms with Crippen molar-refractivity contribution in [3.05, 3.63) is 48.4 Å². The summed E-state index contributed by atoms with van der Waals surface area (Å²) in [4.78, 5) is 6.24. The van der Waals surface area contributed by atoms with Crippen LogP contribution in [-0.2, 0) is 6.54 Å². The van der Waals surface area contributed by atoms with Crippen LogP contribution in [0.2, 0.25) is 0 Å². The summed E-state index contributed by atoms with van der Waals surface area (Å²) in [6.45, 7) is 0.432. The summed E-state index contributed by atoms with van der Waals surface area (Å²) >= 11 is 0. The van der Waals surface area contributed by atoms with Crippen molar-refractivity contribution in [2.45, 2.75) is 6.54 Å². The molecule has 0 bridgehead atoms. The van der Waals surface area contributed by atoms with Crippen LogP contribution in [0.15, 0.2) is 52.1 Å². The standard InChI is InChI=1S/C14H18N4O.ClH/c1-18(2)12-7-5-11(6-8-12)17-14(15)16-10-13-4-3-9-19-13;/h3-9H,10H2,1-2H3,(H3,15,16,17);1H. The van der Waals surface area contributed by atoms with Crippen LogP contribution in [0, 0.1) is 0 Å². The zero-order valence-corrected chi connectivity index (χ0v) is 12.4. The molecule has 5 nitrogen and oxygen atoms in total. The Kier molecular flexibility index (Phi) is 5.93. The predicted molar refractivity (Wildman–Crippen MR) is 85.7 cm³/mol. The van der Waals surface area contributed by atoms with Gasteiger partial charge in [0.2, 0.25) is 0 Å². The number of nitrogens with one attached hydrogen (secondary N) is 1. The minimum atomic E-state index is 0. The zero-order valence-electron chi connectivity index (χ0n) is 11.5. The molecule has 0 spiro atoms. The van der Waals surface area contributed by atoms with E-state index in [-0.39, 0.29) is 12.4 Å². The van der Waals surface area contributed by atoms with E-state index >= 15 is 0 Å². The SMILES string of the molecule is CN(C)c1ccc(NC(N)=NCc2ccco2)cc1.Cl. The first-order chi connectivity index (χ1) is 9.15. The van der Waals surface area contributed by atoms with Crippen molar-refractivity contribution >= 4 is 29.7 Å². The Morgan fingerprint density at radius 3 is 2.50 bits per heavy atom. The average molecular weight is 295 g/mol. The highest BCUT2D eigenvalue weighted by atomic mass is 35.5. The van der Waals surface area contributed by atoms with Crippen molar-refractivity contribution in [2.75, 3.05) is 24.3 Å². The number of benzene rings is 1. The topological polar surface area (TPSA) is 66.8 Å². The maximum atomic E-state index is 5.81. The lowest BCUT2D eigenvalue weighted by atomic mass is 10.2. The van der Waals surface area contributed by atoms with E-state index in [4.69, 9.17) is 10.2 Å². The highest BCUT2D eigenvalue weighted by Gasteiger charge is 1.98. The number of furan rings is 1. The number of hydrogen-bond acceptors (Lipinski definition) is 3. The normalized spacial score (nSPS) is 10.8. The number of aliphatic imine (C=N–C) groups is 1. The van der Waals surface area contributed by atoms with Crippen molar-refractivity contribution in [1.29, 1.82) is 0 Å². The summed E-state index contributed by atoms with van der Waals surface area (Å²) < 4.78 is 5.18. The Morgan fingerprint density at radius 1 is 1.25 bits per heavy atom. The fraction of sp³-hybridized carbons (Fsp3) is 0.214. The van der Waals surface area contributed by atoms with Crippen LogP contribution in [0.4, 0.5) is 11.4 Å². The van der Waals surface area contributed by atoms with E-state index in [9.17, 15) is 0 Å². The second-order valence-corrected chi connectivity index (χ2v) is 4.35. The van der Waals surface area contributed by atoms with E-state index in [2.05, 4.69) is 10.3 Å². The fourth-order valence-electron chi connectivity index (χ4n) is 1.60. The molecule has 1 aromatic heterocycles. The first-order valence-corrected chi connectivity index (χ1v) is 6.02. The zero-order chi connectivity index (χ0) is 13.7. The van der Waals surface area contributed by atoms with Gasteiger partial charge in [0.1, 0.15) is 12.3 Å². The van der Waals surface area contributed by atoms with Crippen molar-refractivity contribution in [1.82, 2.24) is 0 Å². The molecule has 6 heteroatoms. The Morgan fingerprint density at radius 2 is 1.95 bits per heavy atom. The molecule has 1 heterocycles. The number of halogens is 1. The average Bonchev–Trinajstić information content (AvgIpc) is 2.90. The molecule has 2 aromatic rings. The number of rotatable bonds is 4. The van der Waals surface area contributed by atoms with Crippen LogP contribution in [0.3, 0.4) is 0 Å². The Labute approximate surface area is 124 Å². The highest BCUT2D eigenvalue weighted by molar-refractivity contribution is 5.92. The van der Waals surface area contributed by atoms with Gasteiger partial charge in [-0.1, -0.05) is 0 Å². The molecular formula is C14H19ClN4O. The largest absolute Gasteiger partial charge is 0.467 e. The summed E-state index contributed by atoms with van der Waals surface area (Å²) in [6.07, 6.45) is 1.62. The van der Waals surface area contributed by atoms with Crippen molar-refractivity contribution < 1.29 is 4.42 Å². The van der Waals surface area contributed by atoms with E-state index in [1.54, 1.807) is 6.26 Å². The van der Waals surface area contributed by atoms with E-state index < -0.39 is 0 Å². The van der Waals surface area contributed by atoms with Gasteiger partial charge in [-0.2, -0.15) is 0 Å². The maximum absolute atomic E-state index is 5.81. The molecule has 0 unspecified atom stereocenters. The molecule has 3 N–H and O–H groups in total. The molecule has 20 heavy (non-hydrogen) atoms. The third kappa shape index (κ3) is 4.51. The van der Waals surface area contributed by atoms with Gasteiger partial charge < -0.3 is 20.4 Å². The highest BCUT2D eigenvalue weighted by Crippen LogP contribution is 2.15. The molecule has 0 radical (unpaired) electrons. The fourth-order valence-corrected chi connectivity index (χ4v) is 1.60. The molecular weight excluding hydrogens is 276 g/mol. The van der Waals surface area contributed by atoms with Gasteiger partial charge in [0.05, 0.1) is 6.26 Å². The third-order valence-electron chi connectivity index (χ3n) is 2.64. The second kappa shape index (κ2) is 7.45. The first-order valence-electron chi connectivity index (χ1n) is 6.02. The van der Waals surface area contributed by atoms with E-state index in [1.807, 2.05) is 55.4 Å². The molecule has 108 valence electrons. The van der Waals surface area contributed by atoms with Gasteiger partial charge >= 0.3 is 0 Å². The maximum Gasteiger partial charge on any atom is 0.193 e. The third-order valence-corrected chi connectivity index (χ3v) is 2.64. The number of nitrogens with two attached hydrogens (primary N) is 1. The lowest BCUT2D eigenvalue weighted by Crippen LogP contribution is -2.22. The van der Waals surface area contributed by atoms with Gasteiger partial charge in [-0.05, 0) is 36.4 Å². The molecule has 0 saturated carbocycles. The van der Waals surface area contributed by atoms with Crippen LogP contribution >= 0.6 is 12.4 Å². The van der Waals surface area contributed by atoms with E-state index in [0.29, 0.717) is 12.5 Å². The van der Waals surface area contributed by atoms with Crippen molar-refractivity contribution in [3.63, 3.8) is 0 Å². The molecule has 0 saturated heterocycles. The monoisotopic (exact) mass is 294 g/mol. The lowest BCUT2D eigenvalue weighted by molar-refractivity contribution is 0.513. The summed E-state index contributed by atoms with van der Waals surface area (Å²) in [6, 6.07) is 11.6. The van der Waals surface area contributed by atoms with E-state index in [0.717, 1.165) is 17.1 Å². The Hall–Kier alpha value is -2.14. The molecule has 0 aliphatic rings. The minimum absolute atomic E-state index is 0. The molecule has 0 aliphatic carbocycles. The summed E-state index contributed by atoms with van der Waals surface area (Å²) in [5.74, 6) is 1.15. The Balaban J connectivity index is 0.00000200. The summed E-state index contributed by atoms with van der Waals surface area (Å²) in [5.41, 5.74) is 7.85. The van der Waals surface area contributed by atoms with E-state index in [1.165, 1.54) is 0 Å². The summed E-state index contributed by atoms with van der Waals surface area (Å²) in [5, 5.41) is 3.04. The molecule has 0 atom stereocenters.